The minimum Gasteiger partial charge on any atom is -0.451 e. The Morgan fingerprint density at radius 3 is 2.82 bits per heavy atom. The van der Waals surface area contributed by atoms with Crippen molar-refractivity contribution in [2.45, 2.75) is 31.6 Å². The number of alkyl halides is 3. The van der Waals surface area contributed by atoms with Gasteiger partial charge in [0.15, 0.2) is 16.4 Å². The second-order valence-corrected chi connectivity index (χ2v) is 6.86. The second-order valence-electron chi connectivity index (χ2n) is 6.47. The van der Waals surface area contributed by atoms with Crippen LogP contribution in [0.4, 0.5) is 13.2 Å². The Morgan fingerprint density at radius 2 is 2.11 bits per heavy atom. The summed E-state index contributed by atoms with van der Waals surface area (Å²) in [5.74, 6) is 0.302. The van der Waals surface area contributed by atoms with Crippen LogP contribution in [0, 0.1) is 4.77 Å². The van der Waals surface area contributed by atoms with E-state index in [1.54, 1.807) is 0 Å². The van der Waals surface area contributed by atoms with E-state index in [1.165, 1.54) is 24.3 Å². The van der Waals surface area contributed by atoms with Gasteiger partial charge in [0, 0.05) is 11.6 Å². The highest BCUT2D eigenvalue weighted by molar-refractivity contribution is 7.71. The molecule has 0 bridgehead atoms. The summed E-state index contributed by atoms with van der Waals surface area (Å²) in [6, 6.07) is 7.94. The number of benzene rings is 1. The summed E-state index contributed by atoms with van der Waals surface area (Å²) >= 11 is 5.19. The van der Waals surface area contributed by atoms with Crippen molar-refractivity contribution in [1.29, 1.82) is 0 Å². The van der Waals surface area contributed by atoms with E-state index in [1.807, 2.05) is 4.57 Å². The van der Waals surface area contributed by atoms with Crippen LogP contribution in [0.1, 0.15) is 40.8 Å². The zero-order valence-electron chi connectivity index (χ0n) is 14.4. The number of nitrogens with one attached hydrogen (secondary N) is 2. The first kappa shape index (κ1) is 18.5. The molecule has 4 rings (SSSR count). The van der Waals surface area contributed by atoms with E-state index in [9.17, 15) is 18.0 Å². The van der Waals surface area contributed by atoms with Crippen LogP contribution < -0.4 is 5.32 Å². The van der Waals surface area contributed by atoms with Crippen molar-refractivity contribution in [2.24, 2.45) is 0 Å². The van der Waals surface area contributed by atoms with Gasteiger partial charge in [-0.2, -0.15) is 18.3 Å². The van der Waals surface area contributed by atoms with Crippen LogP contribution in [0.15, 0.2) is 40.8 Å². The quantitative estimate of drug-likeness (QED) is 0.610. The number of nitrogens with zero attached hydrogens (tertiary/aromatic N) is 2. The highest BCUT2D eigenvalue weighted by Crippen LogP contribution is 2.36. The molecule has 1 aliphatic rings. The molecule has 10 heteroatoms. The third-order valence-electron chi connectivity index (χ3n) is 4.40. The van der Waals surface area contributed by atoms with Gasteiger partial charge in [-0.05, 0) is 49.3 Å². The third-order valence-corrected chi connectivity index (χ3v) is 4.69. The number of hydrogen-bond donors (Lipinski definition) is 2. The van der Waals surface area contributed by atoms with Gasteiger partial charge in [0.25, 0.3) is 5.91 Å². The van der Waals surface area contributed by atoms with Crippen LogP contribution in [-0.2, 0) is 12.7 Å². The topological polar surface area (TPSA) is 75.8 Å². The highest BCUT2D eigenvalue weighted by Gasteiger charge is 2.31. The number of aromatic amines is 1. The molecule has 1 fully saturated rings. The molecule has 0 spiro atoms. The molecule has 1 aromatic carbocycles. The Hall–Kier alpha value is -2.88. The predicted molar refractivity (Wildman–Crippen MR) is 96.0 cm³/mol. The lowest BCUT2D eigenvalue weighted by molar-refractivity contribution is -0.137. The number of amides is 1. The SMILES string of the molecule is O=C(NCc1n[nH]c(=S)n1C1CC1)c1ccc(-c2cccc(C(F)(F)F)c2)o1. The van der Waals surface area contributed by atoms with Crippen LogP contribution in [0.3, 0.4) is 0 Å². The molecule has 0 unspecified atom stereocenters. The lowest BCUT2D eigenvalue weighted by atomic mass is 10.1. The predicted octanol–water partition coefficient (Wildman–Crippen LogP) is 4.48. The first-order valence-electron chi connectivity index (χ1n) is 8.54. The average Bonchev–Trinajstić information content (AvgIpc) is 3.24. The smallest absolute Gasteiger partial charge is 0.416 e. The molecule has 146 valence electrons. The molecule has 0 saturated heterocycles. The van der Waals surface area contributed by atoms with Gasteiger partial charge in [-0.15, -0.1) is 0 Å². The fourth-order valence-electron chi connectivity index (χ4n) is 2.88. The molecule has 1 saturated carbocycles. The largest absolute Gasteiger partial charge is 0.451 e. The van der Waals surface area contributed by atoms with Gasteiger partial charge < -0.3 is 9.73 Å². The van der Waals surface area contributed by atoms with Gasteiger partial charge in [-0.1, -0.05) is 12.1 Å². The number of furan rings is 1. The first-order valence-corrected chi connectivity index (χ1v) is 8.95. The molecular formula is C18H15F3N4O2S. The number of halogens is 3. The molecule has 0 aliphatic heterocycles. The summed E-state index contributed by atoms with van der Waals surface area (Å²) in [6.45, 7) is 0.155. The zero-order chi connectivity index (χ0) is 19.9. The van der Waals surface area contributed by atoms with E-state index in [-0.39, 0.29) is 23.6 Å². The summed E-state index contributed by atoms with van der Waals surface area (Å²) in [7, 11) is 0. The minimum absolute atomic E-state index is 0.000448. The van der Waals surface area contributed by atoms with Gasteiger partial charge in [0.1, 0.15) is 5.76 Å². The number of hydrogen-bond acceptors (Lipinski definition) is 4. The van der Waals surface area contributed by atoms with Crippen LogP contribution in [0.5, 0.6) is 0 Å². The summed E-state index contributed by atoms with van der Waals surface area (Å²) in [5.41, 5.74) is -0.543. The minimum atomic E-state index is -4.45. The maximum Gasteiger partial charge on any atom is 0.416 e. The molecule has 2 N–H and O–H groups in total. The molecule has 1 amide bonds. The number of carbonyl (C=O) groups excluding carboxylic acids is 1. The van der Waals surface area contributed by atoms with Crippen LogP contribution in [0.2, 0.25) is 0 Å². The highest BCUT2D eigenvalue weighted by atomic mass is 32.1. The van der Waals surface area contributed by atoms with E-state index in [0.717, 1.165) is 25.0 Å². The second kappa shape index (κ2) is 6.93. The molecule has 6 nitrogen and oxygen atoms in total. The monoisotopic (exact) mass is 408 g/mol. The van der Waals surface area contributed by atoms with Crippen LogP contribution >= 0.6 is 12.2 Å². The fourth-order valence-corrected chi connectivity index (χ4v) is 3.18. The number of rotatable bonds is 5. The lowest BCUT2D eigenvalue weighted by Crippen LogP contribution is -2.24. The Morgan fingerprint density at radius 1 is 1.32 bits per heavy atom. The molecule has 0 radical (unpaired) electrons. The Kier molecular flexibility index (Phi) is 4.58. The maximum absolute atomic E-state index is 12.9. The molecule has 1 aliphatic carbocycles. The Labute approximate surface area is 162 Å². The Bertz CT molecular complexity index is 1080. The summed E-state index contributed by atoms with van der Waals surface area (Å²) in [4.78, 5) is 12.3. The molecule has 0 atom stereocenters. The molecular weight excluding hydrogens is 393 g/mol. The first-order chi connectivity index (χ1) is 13.3. The Balaban J connectivity index is 1.47. The van der Waals surface area contributed by atoms with Crippen LogP contribution in [0.25, 0.3) is 11.3 Å². The van der Waals surface area contributed by atoms with E-state index >= 15 is 0 Å². The van der Waals surface area contributed by atoms with E-state index in [2.05, 4.69) is 15.5 Å². The van der Waals surface area contributed by atoms with Gasteiger partial charge in [-0.3, -0.25) is 14.5 Å². The molecule has 2 heterocycles. The number of carbonyl (C=O) groups is 1. The van der Waals surface area contributed by atoms with Crippen molar-refractivity contribution in [3.63, 3.8) is 0 Å². The van der Waals surface area contributed by atoms with Crippen molar-refractivity contribution in [3.8, 4) is 11.3 Å². The van der Waals surface area contributed by atoms with Crippen molar-refractivity contribution in [1.82, 2.24) is 20.1 Å². The van der Waals surface area contributed by atoms with Gasteiger partial charge in [-0.25, -0.2) is 0 Å². The third kappa shape index (κ3) is 3.72. The zero-order valence-corrected chi connectivity index (χ0v) is 15.2. The van der Waals surface area contributed by atoms with Crippen molar-refractivity contribution < 1.29 is 22.4 Å². The number of aromatic nitrogens is 3. The summed E-state index contributed by atoms with van der Waals surface area (Å²) in [6.07, 6.45) is -2.41. The standard InChI is InChI=1S/C18H15F3N4O2S/c19-18(20,21)11-3-1-2-10(8-11)13-6-7-14(27-13)16(26)22-9-15-23-24-17(28)25(15)12-4-5-12/h1-3,6-8,12H,4-5,9H2,(H,22,26)(H,24,28). The average molecular weight is 408 g/mol. The van der Waals surface area contributed by atoms with Gasteiger partial charge in [0.05, 0.1) is 12.1 Å². The van der Waals surface area contributed by atoms with Gasteiger partial charge >= 0.3 is 6.18 Å². The van der Waals surface area contributed by atoms with E-state index in [4.69, 9.17) is 16.6 Å². The van der Waals surface area contributed by atoms with Crippen LogP contribution in [-0.4, -0.2) is 20.7 Å². The van der Waals surface area contributed by atoms with Crippen molar-refractivity contribution in [3.05, 3.63) is 58.3 Å². The lowest BCUT2D eigenvalue weighted by Gasteiger charge is -2.07. The number of H-pyrrole nitrogens is 1. The van der Waals surface area contributed by atoms with Crippen molar-refractivity contribution in [2.75, 3.05) is 0 Å². The van der Waals surface area contributed by atoms with E-state index in [0.29, 0.717) is 16.6 Å². The van der Waals surface area contributed by atoms with Gasteiger partial charge in [0.2, 0.25) is 0 Å². The normalized spacial score (nSPS) is 14.2. The summed E-state index contributed by atoms with van der Waals surface area (Å²) in [5, 5.41) is 9.53. The molecule has 3 aromatic rings. The molecule has 2 aromatic heterocycles. The molecule has 28 heavy (non-hydrogen) atoms. The fraction of sp³-hybridized carbons (Fsp3) is 0.278. The van der Waals surface area contributed by atoms with E-state index < -0.39 is 17.6 Å². The maximum atomic E-state index is 12.9. The van der Waals surface area contributed by atoms with Crippen molar-refractivity contribution >= 4 is 18.1 Å². The summed E-state index contributed by atoms with van der Waals surface area (Å²) < 4.78 is 46.4.